The molecule has 2 rings (SSSR count). The van der Waals surface area contributed by atoms with Crippen molar-refractivity contribution in [2.24, 2.45) is 0 Å². The van der Waals surface area contributed by atoms with Crippen LogP contribution in [0, 0.1) is 0 Å². The van der Waals surface area contributed by atoms with Gasteiger partial charge in [0.2, 0.25) is 0 Å². The van der Waals surface area contributed by atoms with Crippen molar-refractivity contribution in [3.05, 3.63) is 57.5 Å². The molecule has 1 atom stereocenters. The first kappa shape index (κ1) is 13.4. The summed E-state index contributed by atoms with van der Waals surface area (Å²) in [6, 6.07) is 12.8. The second-order valence-corrected chi connectivity index (χ2v) is 5.24. The highest BCUT2D eigenvalue weighted by atomic mass is 79.9. The molecule has 18 heavy (non-hydrogen) atoms. The van der Waals surface area contributed by atoms with E-state index in [1.165, 1.54) is 0 Å². The van der Waals surface area contributed by atoms with Crippen molar-refractivity contribution in [3.63, 3.8) is 0 Å². The Morgan fingerprint density at radius 2 is 1.83 bits per heavy atom. The van der Waals surface area contributed by atoms with Gasteiger partial charge in [-0.25, -0.2) is 0 Å². The first-order valence-electron chi connectivity index (χ1n) is 5.47. The van der Waals surface area contributed by atoms with Crippen molar-refractivity contribution in [1.82, 2.24) is 0 Å². The maximum atomic E-state index is 9.45. The minimum atomic E-state index is -0.538. The van der Waals surface area contributed by atoms with Crippen molar-refractivity contribution in [1.29, 1.82) is 0 Å². The molecule has 0 bridgehead atoms. The molecule has 0 fully saturated rings. The van der Waals surface area contributed by atoms with Crippen LogP contribution in [-0.2, 0) is 0 Å². The van der Waals surface area contributed by atoms with Crippen LogP contribution in [0.2, 0.25) is 5.02 Å². The largest absolute Gasteiger partial charge is 0.456 e. The maximum absolute atomic E-state index is 9.45. The van der Waals surface area contributed by atoms with Crippen molar-refractivity contribution >= 4 is 27.5 Å². The highest BCUT2D eigenvalue weighted by Gasteiger charge is 2.07. The first-order valence-corrected chi connectivity index (χ1v) is 6.64. The molecule has 0 aliphatic rings. The molecule has 0 saturated heterocycles. The van der Waals surface area contributed by atoms with E-state index in [1.54, 1.807) is 25.1 Å². The van der Waals surface area contributed by atoms with E-state index in [4.69, 9.17) is 16.3 Å². The van der Waals surface area contributed by atoms with Crippen molar-refractivity contribution in [3.8, 4) is 11.5 Å². The second kappa shape index (κ2) is 5.74. The van der Waals surface area contributed by atoms with E-state index in [0.717, 1.165) is 10.0 Å². The number of ether oxygens (including phenoxy) is 1. The third kappa shape index (κ3) is 3.25. The molecule has 0 radical (unpaired) electrons. The number of aliphatic hydroxyl groups excluding tert-OH is 1. The number of hydrogen-bond donors (Lipinski definition) is 1. The highest BCUT2D eigenvalue weighted by Crippen LogP contribution is 2.32. The average Bonchev–Trinajstić information content (AvgIpc) is 2.34. The average molecular weight is 328 g/mol. The normalized spacial score (nSPS) is 12.2. The highest BCUT2D eigenvalue weighted by molar-refractivity contribution is 9.10. The zero-order valence-corrected chi connectivity index (χ0v) is 12.1. The predicted molar refractivity (Wildman–Crippen MR) is 76.3 cm³/mol. The Hall–Kier alpha value is -1.03. The van der Waals surface area contributed by atoms with Gasteiger partial charge in [-0.15, -0.1) is 0 Å². The van der Waals surface area contributed by atoms with E-state index >= 15 is 0 Å². The summed E-state index contributed by atoms with van der Waals surface area (Å²) >= 11 is 9.47. The van der Waals surface area contributed by atoms with Crippen LogP contribution >= 0.6 is 27.5 Å². The molecule has 2 aromatic rings. The van der Waals surface area contributed by atoms with Gasteiger partial charge in [0, 0.05) is 4.47 Å². The van der Waals surface area contributed by atoms with Crippen LogP contribution in [0.15, 0.2) is 46.9 Å². The molecular formula is C14H12BrClO2. The van der Waals surface area contributed by atoms with Crippen LogP contribution in [0.1, 0.15) is 18.6 Å². The lowest BCUT2D eigenvalue weighted by molar-refractivity contribution is 0.199. The van der Waals surface area contributed by atoms with Gasteiger partial charge >= 0.3 is 0 Å². The quantitative estimate of drug-likeness (QED) is 0.864. The van der Waals surface area contributed by atoms with E-state index in [-0.39, 0.29) is 0 Å². The molecule has 0 saturated carbocycles. The van der Waals surface area contributed by atoms with Crippen LogP contribution < -0.4 is 4.74 Å². The summed E-state index contributed by atoms with van der Waals surface area (Å²) in [4.78, 5) is 0. The fourth-order valence-electron chi connectivity index (χ4n) is 1.49. The minimum Gasteiger partial charge on any atom is -0.456 e. The summed E-state index contributed by atoms with van der Waals surface area (Å²) in [6.45, 7) is 1.70. The fourth-order valence-corrected chi connectivity index (χ4v) is 1.98. The van der Waals surface area contributed by atoms with E-state index in [1.807, 2.05) is 24.3 Å². The van der Waals surface area contributed by atoms with Gasteiger partial charge in [0.1, 0.15) is 11.5 Å². The number of halogens is 2. The van der Waals surface area contributed by atoms with Crippen LogP contribution in [0.4, 0.5) is 0 Å². The molecule has 94 valence electrons. The monoisotopic (exact) mass is 326 g/mol. The molecule has 0 heterocycles. The summed E-state index contributed by atoms with van der Waals surface area (Å²) < 4.78 is 6.66. The standard InChI is InChI=1S/C14H12BrClO2/c1-9(17)10-2-7-14(13(16)8-10)18-12-5-3-11(15)4-6-12/h2-9,17H,1H3/t9-/m0/s1. The SMILES string of the molecule is C[C@H](O)c1ccc(Oc2ccc(Br)cc2)c(Cl)c1. The van der Waals surface area contributed by atoms with Crippen LogP contribution in [-0.4, -0.2) is 5.11 Å². The molecule has 0 aliphatic carbocycles. The van der Waals surface area contributed by atoms with Crippen LogP contribution in [0.3, 0.4) is 0 Å². The Morgan fingerprint density at radius 3 is 2.39 bits per heavy atom. The van der Waals surface area contributed by atoms with Crippen LogP contribution in [0.25, 0.3) is 0 Å². The lowest BCUT2D eigenvalue weighted by Crippen LogP contribution is -1.92. The van der Waals surface area contributed by atoms with Crippen molar-refractivity contribution in [2.45, 2.75) is 13.0 Å². The molecular weight excluding hydrogens is 316 g/mol. The van der Waals surface area contributed by atoms with E-state index in [0.29, 0.717) is 16.5 Å². The van der Waals surface area contributed by atoms with Crippen molar-refractivity contribution < 1.29 is 9.84 Å². The number of benzene rings is 2. The van der Waals surface area contributed by atoms with E-state index < -0.39 is 6.10 Å². The Kier molecular flexibility index (Phi) is 4.27. The summed E-state index contributed by atoms with van der Waals surface area (Å²) in [7, 11) is 0. The fraction of sp³-hybridized carbons (Fsp3) is 0.143. The zero-order valence-electron chi connectivity index (χ0n) is 9.73. The lowest BCUT2D eigenvalue weighted by atomic mass is 10.1. The van der Waals surface area contributed by atoms with Gasteiger partial charge in [-0.1, -0.05) is 33.6 Å². The van der Waals surface area contributed by atoms with E-state index in [9.17, 15) is 5.11 Å². The predicted octanol–water partition coefficient (Wildman–Crippen LogP) is 4.95. The molecule has 0 spiro atoms. The molecule has 0 amide bonds. The first-order chi connectivity index (χ1) is 8.56. The Balaban J connectivity index is 2.22. The summed E-state index contributed by atoms with van der Waals surface area (Å²) in [5.41, 5.74) is 0.767. The maximum Gasteiger partial charge on any atom is 0.146 e. The van der Waals surface area contributed by atoms with Gasteiger partial charge in [-0.2, -0.15) is 0 Å². The molecule has 2 nitrogen and oxygen atoms in total. The number of aliphatic hydroxyl groups is 1. The third-order valence-electron chi connectivity index (χ3n) is 2.48. The van der Waals surface area contributed by atoms with Gasteiger partial charge < -0.3 is 9.84 Å². The molecule has 0 aromatic heterocycles. The summed E-state index contributed by atoms with van der Waals surface area (Å²) in [5.74, 6) is 1.29. The molecule has 4 heteroatoms. The molecule has 1 N–H and O–H groups in total. The second-order valence-electron chi connectivity index (χ2n) is 3.92. The smallest absolute Gasteiger partial charge is 0.146 e. The molecule has 2 aromatic carbocycles. The van der Waals surface area contributed by atoms with Gasteiger partial charge in [-0.3, -0.25) is 0 Å². The van der Waals surface area contributed by atoms with Gasteiger partial charge in [0.15, 0.2) is 0 Å². The lowest BCUT2D eigenvalue weighted by Gasteiger charge is -2.10. The summed E-state index contributed by atoms with van der Waals surface area (Å²) in [6.07, 6.45) is -0.538. The number of rotatable bonds is 3. The van der Waals surface area contributed by atoms with Gasteiger partial charge in [-0.05, 0) is 48.9 Å². The Morgan fingerprint density at radius 1 is 1.17 bits per heavy atom. The van der Waals surface area contributed by atoms with E-state index in [2.05, 4.69) is 15.9 Å². The number of hydrogen-bond acceptors (Lipinski definition) is 2. The topological polar surface area (TPSA) is 29.5 Å². The van der Waals surface area contributed by atoms with Gasteiger partial charge in [0.25, 0.3) is 0 Å². The minimum absolute atomic E-state index is 0.483. The third-order valence-corrected chi connectivity index (χ3v) is 3.30. The molecule has 0 aliphatic heterocycles. The van der Waals surface area contributed by atoms with Crippen LogP contribution in [0.5, 0.6) is 11.5 Å². The Labute approximate surface area is 119 Å². The zero-order chi connectivity index (χ0) is 13.1. The Bertz CT molecular complexity index is 538. The van der Waals surface area contributed by atoms with Crippen molar-refractivity contribution in [2.75, 3.05) is 0 Å². The van der Waals surface area contributed by atoms with Gasteiger partial charge in [0.05, 0.1) is 11.1 Å². The summed E-state index contributed by atoms with van der Waals surface area (Å²) in [5, 5.41) is 9.94. The molecule has 0 unspecified atom stereocenters.